The Kier molecular flexibility index (Phi) is 4.20. The van der Waals surface area contributed by atoms with Crippen LogP contribution in [0.4, 0.5) is 0 Å². The van der Waals surface area contributed by atoms with Gasteiger partial charge in [0, 0.05) is 6.92 Å². The molecule has 1 aromatic rings. The lowest BCUT2D eigenvalue weighted by Crippen LogP contribution is -2.24. The van der Waals surface area contributed by atoms with Gasteiger partial charge in [-0.15, -0.1) is 0 Å². The summed E-state index contributed by atoms with van der Waals surface area (Å²) in [5.74, 6) is -1.57. The smallest absolute Gasteiger partial charge is 0.364 e. The van der Waals surface area contributed by atoms with Crippen LogP contribution in [0.15, 0.2) is 35.5 Å². The monoisotopic (exact) mass is 221 g/mol. The number of ketones is 1. The first kappa shape index (κ1) is 11.9. The molecule has 0 aliphatic rings. The van der Waals surface area contributed by atoms with Crippen molar-refractivity contribution in [3.05, 3.63) is 35.9 Å². The molecule has 0 atom stereocenters. The standard InChI is InChI=1S/C11H11NO4/c1-8(13)10(12-15)11(14)16-7-9-5-3-2-4-6-9/h2-6,15H,7H2,1H3/b12-10-. The summed E-state index contributed by atoms with van der Waals surface area (Å²) in [6.07, 6.45) is 0. The van der Waals surface area contributed by atoms with E-state index in [1.807, 2.05) is 6.07 Å². The maximum atomic E-state index is 11.3. The van der Waals surface area contributed by atoms with Crippen molar-refractivity contribution in [3.63, 3.8) is 0 Å². The van der Waals surface area contributed by atoms with E-state index in [-0.39, 0.29) is 6.61 Å². The predicted octanol–water partition coefficient (Wildman–Crippen LogP) is 1.15. The van der Waals surface area contributed by atoms with Crippen molar-refractivity contribution in [1.29, 1.82) is 0 Å². The number of carbonyl (C=O) groups excluding carboxylic acids is 2. The molecule has 5 heteroatoms. The van der Waals surface area contributed by atoms with Crippen LogP contribution in [0.2, 0.25) is 0 Å². The highest BCUT2D eigenvalue weighted by Crippen LogP contribution is 2.01. The zero-order valence-electron chi connectivity index (χ0n) is 8.71. The van der Waals surface area contributed by atoms with Crippen molar-refractivity contribution in [2.45, 2.75) is 13.5 Å². The van der Waals surface area contributed by atoms with Gasteiger partial charge in [-0.25, -0.2) is 4.79 Å². The number of esters is 1. The SMILES string of the molecule is CC(=O)/C(=N/O)C(=O)OCc1ccccc1. The molecule has 16 heavy (non-hydrogen) atoms. The second-order valence-electron chi connectivity index (χ2n) is 3.07. The summed E-state index contributed by atoms with van der Waals surface area (Å²) in [5, 5.41) is 11.0. The molecule has 0 unspecified atom stereocenters. The van der Waals surface area contributed by atoms with Gasteiger partial charge in [0.1, 0.15) is 6.61 Å². The molecule has 0 spiro atoms. The van der Waals surface area contributed by atoms with E-state index in [4.69, 9.17) is 9.94 Å². The quantitative estimate of drug-likeness (QED) is 0.272. The van der Waals surface area contributed by atoms with Gasteiger partial charge in [-0.2, -0.15) is 0 Å². The minimum atomic E-state index is -0.932. The van der Waals surface area contributed by atoms with Crippen molar-refractivity contribution < 1.29 is 19.5 Å². The van der Waals surface area contributed by atoms with Crippen LogP contribution in [0.3, 0.4) is 0 Å². The van der Waals surface area contributed by atoms with E-state index in [1.54, 1.807) is 24.3 Å². The maximum absolute atomic E-state index is 11.3. The zero-order chi connectivity index (χ0) is 12.0. The van der Waals surface area contributed by atoms with E-state index in [9.17, 15) is 9.59 Å². The van der Waals surface area contributed by atoms with Crippen LogP contribution in [-0.4, -0.2) is 22.7 Å². The summed E-state index contributed by atoms with van der Waals surface area (Å²) < 4.78 is 4.79. The normalized spacial score (nSPS) is 10.9. The second kappa shape index (κ2) is 5.65. The summed E-state index contributed by atoms with van der Waals surface area (Å²) in [6, 6.07) is 8.99. The molecule has 0 saturated heterocycles. The summed E-state index contributed by atoms with van der Waals surface area (Å²) in [6.45, 7) is 1.16. The number of carbonyl (C=O) groups is 2. The fourth-order valence-corrected chi connectivity index (χ4v) is 1.05. The number of hydrogen-bond donors (Lipinski definition) is 1. The lowest BCUT2D eigenvalue weighted by molar-refractivity contribution is -0.137. The van der Waals surface area contributed by atoms with Crippen molar-refractivity contribution in [3.8, 4) is 0 Å². The number of nitrogens with zero attached hydrogens (tertiary/aromatic N) is 1. The Morgan fingerprint density at radius 3 is 2.44 bits per heavy atom. The number of oxime groups is 1. The third kappa shape index (κ3) is 3.20. The summed E-state index contributed by atoms with van der Waals surface area (Å²) in [5.41, 5.74) is 0.188. The van der Waals surface area contributed by atoms with Gasteiger partial charge in [-0.05, 0) is 5.56 Å². The van der Waals surface area contributed by atoms with E-state index in [0.717, 1.165) is 12.5 Å². The van der Waals surface area contributed by atoms with Crippen LogP contribution in [0.25, 0.3) is 0 Å². The predicted molar refractivity (Wildman–Crippen MR) is 56.1 cm³/mol. The molecule has 5 nitrogen and oxygen atoms in total. The molecule has 0 aliphatic heterocycles. The van der Waals surface area contributed by atoms with E-state index in [1.165, 1.54) is 0 Å². The van der Waals surface area contributed by atoms with Crippen LogP contribution in [-0.2, 0) is 20.9 Å². The first-order valence-corrected chi connectivity index (χ1v) is 4.59. The first-order chi connectivity index (χ1) is 7.65. The average molecular weight is 221 g/mol. The van der Waals surface area contributed by atoms with Crippen molar-refractivity contribution >= 4 is 17.5 Å². The van der Waals surface area contributed by atoms with Gasteiger partial charge in [0.25, 0.3) is 0 Å². The van der Waals surface area contributed by atoms with Gasteiger partial charge < -0.3 is 9.94 Å². The zero-order valence-corrected chi connectivity index (χ0v) is 8.71. The Balaban J connectivity index is 2.57. The van der Waals surface area contributed by atoms with Crippen LogP contribution >= 0.6 is 0 Å². The average Bonchev–Trinajstić information content (AvgIpc) is 2.28. The summed E-state index contributed by atoms with van der Waals surface area (Å²) in [4.78, 5) is 22.1. The molecular formula is C11H11NO4. The lowest BCUT2D eigenvalue weighted by atomic mass is 10.2. The van der Waals surface area contributed by atoms with Crippen molar-refractivity contribution in [1.82, 2.24) is 0 Å². The van der Waals surface area contributed by atoms with Crippen LogP contribution in [0, 0.1) is 0 Å². The van der Waals surface area contributed by atoms with Crippen LogP contribution in [0.1, 0.15) is 12.5 Å². The number of ether oxygens (including phenoxy) is 1. The topological polar surface area (TPSA) is 76.0 Å². The molecule has 0 heterocycles. The van der Waals surface area contributed by atoms with Crippen LogP contribution in [0.5, 0.6) is 0 Å². The minimum Gasteiger partial charge on any atom is -0.456 e. The van der Waals surface area contributed by atoms with Gasteiger partial charge in [0.15, 0.2) is 5.78 Å². The van der Waals surface area contributed by atoms with Gasteiger partial charge in [-0.3, -0.25) is 4.79 Å². The second-order valence-corrected chi connectivity index (χ2v) is 3.07. The lowest BCUT2D eigenvalue weighted by Gasteiger charge is -2.03. The van der Waals surface area contributed by atoms with Crippen molar-refractivity contribution in [2.75, 3.05) is 0 Å². The van der Waals surface area contributed by atoms with Gasteiger partial charge in [0.2, 0.25) is 5.71 Å². The van der Waals surface area contributed by atoms with E-state index >= 15 is 0 Å². The van der Waals surface area contributed by atoms with Gasteiger partial charge in [-0.1, -0.05) is 35.5 Å². The third-order valence-electron chi connectivity index (χ3n) is 1.84. The van der Waals surface area contributed by atoms with Gasteiger partial charge in [0.05, 0.1) is 0 Å². The van der Waals surface area contributed by atoms with E-state index in [0.29, 0.717) is 0 Å². The molecule has 0 bridgehead atoms. The molecule has 0 aromatic heterocycles. The fourth-order valence-electron chi connectivity index (χ4n) is 1.05. The highest BCUT2D eigenvalue weighted by Gasteiger charge is 2.18. The molecular weight excluding hydrogens is 210 g/mol. The number of benzene rings is 1. The number of Topliss-reactive ketones (excluding diaryl/α,β-unsaturated/α-hetero) is 1. The molecule has 1 aromatic carbocycles. The summed E-state index contributed by atoms with van der Waals surface area (Å²) >= 11 is 0. The molecule has 1 N–H and O–H groups in total. The van der Waals surface area contributed by atoms with Crippen LogP contribution < -0.4 is 0 Å². The molecule has 0 radical (unpaired) electrons. The van der Waals surface area contributed by atoms with Crippen molar-refractivity contribution in [2.24, 2.45) is 5.16 Å². The molecule has 84 valence electrons. The highest BCUT2D eigenvalue weighted by atomic mass is 16.5. The largest absolute Gasteiger partial charge is 0.456 e. The first-order valence-electron chi connectivity index (χ1n) is 4.59. The third-order valence-corrected chi connectivity index (χ3v) is 1.84. The Hall–Kier alpha value is -2.17. The molecule has 0 amide bonds. The number of hydrogen-bond acceptors (Lipinski definition) is 5. The Morgan fingerprint density at radius 2 is 1.94 bits per heavy atom. The fraction of sp³-hybridized carbons (Fsp3) is 0.182. The van der Waals surface area contributed by atoms with Gasteiger partial charge >= 0.3 is 5.97 Å². The number of rotatable bonds is 4. The van der Waals surface area contributed by atoms with E-state index < -0.39 is 17.5 Å². The maximum Gasteiger partial charge on any atom is 0.364 e. The Bertz CT molecular complexity index is 411. The molecule has 1 rings (SSSR count). The Morgan fingerprint density at radius 1 is 1.31 bits per heavy atom. The Labute approximate surface area is 92.3 Å². The summed E-state index contributed by atoms with van der Waals surface area (Å²) in [7, 11) is 0. The molecule has 0 saturated carbocycles. The minimum absolute atomic E-state index is 0.0337. The molecule has 0 fully saturated rings. The van der Waals surface area contributed by atoms with E-state index in [2.05, 4.69) is 5.16 Å². The molecule has 0 aliphatic carbocycles. The highest BCUT2D eigenvalue weighted by molar-refractivity contribution is 6.63.